The van der Waals surface area contributed by atoms with E-state index in [0.29, 0.717) is 12.0 Å². The zero-order valence-electron chi connectivity index (χ0n) is 8.71. The minimum atomic E-state index is 0.0688. The third-order valence-electron chi connectivity index (χ3n) is 2.95. The monoisotopic (exact) mass is 178 g/mol. The van der Waals surface area contributed by atoms with Crippen LogP contribution in [0.25, 0.3) is 0 Å². The molecule has 0 spiro atoms. The molecule has 1 nitrogen and oxygen atoms in total. The first-order chi connectivity index (χ1) is 6.11. The second-order valence-electron chi connectivity index (χ2n) is 4.66. The Morgan fingerprint density at radius 3 is 3.00 bits per heavy atom. The molecule has 1 heterocycles. The van der Waals surface area contributed by atoms with E-state index in [9.17, 15) is 0 Å². The molecule has 0 saturated carbocycles. The van der Waals surface area contributed by atoms with Crippen LogP contribution in [-0.4, -0.2) is 11.7 Å². The van der Waals surface area contributed by atoms with Gasteiger partial charge in [0.1, 0.15) is 0 Å². The van der Waals surface area contributed by atoms with E-state index in [-0.39, 0.29) is 5.60 Å². The molecule has 2 rings (SSSR count). The van der Waals surface area contributed by atoms with Crippen LogP contribution in [0, 0.1) is 5.92 Å². The Morgan fingerprint density at radius 1 is 1.54 bits per heavy atom. The van der Waals surface area contributed by atoms with Crippen molar-refractivity contribution in [1.29, 1.82) is 0 Å². The summed E-state index contributed by atoms with van der Waals surface area (Å²) in [6.07, 6.45) is 9.48. The summed E-state index contributed by atoms with van der Waals surface area (Å²) in [7, 11) is 0. The summed E-state index contributed by atoms with van der Waals surface area (Å²) in [5.74, 6) is 0.616. The largest absolute Gasteiger partial charge is 0.368 e. The highest BCUT2D eigenvalue weighted by atomic mass is 16.5. The maximum Gasteiger partial charge on any atom is 0.0832 e. The van der Waals surface area contributed by atoms with E-state index in [1.807, 2.05) is 0 Å². The average Bonchev–Trinajstić information content (AvgIpc) is 2.36. The summed E-state index contributed by atoms with van der Waals surface area (Å²) in [4.78, 5) is 0. The minimum Gasteiger partial charge on any atom is -0.368 e. The normalized spacial score (nSPS) is 35.8. The molecule has 1 aliphatic carbocycles. The highest BCUT2D eigenvalue weighted by Gasteiger charge is 2.38. The molecule has 0 N–H and O–H groups in total. The highest BCUT2D eigenvalue weighted by Crippen LogP contribution is 2.38. The summed E-state index contributed by atoms with van der Waals surface area (Å²) in [5.41, 5.74) is 1.48. The molecule has 72 valence electrons. The van der Waals surface area contributed by atoms with E-state index in [4.69, 9.17) is 4.74 Å². The van der Waals surface area contributed by atoms with Crippen LogP contribution in [0.4, 0.5) is 0 Å². The summed E-state index contributed by atoms with van der Waals surface area (Å²) in [5, 5.41) is 0. The van der Waals surface area contributed by atoms with Crippen LogP contribution < -0.4 is 0 Å². The van der Waals surface area contributed by atoms with Crippen LogP contribution in [0.15, 0.2) is 23.8 Å². The molecule has 1 aliphatic heterocycles. The van der Waals surface area contributed by atoms with Crippen molar-refractivity contribution < 1.29 is 4.74 Å². The van der Waals surface area contributed by atoms with Crippen LogP contribution in [0.1, 0.15) is 33.6 Å². The Balaban J connectivity index is 2.16. The van der Waals surface area contributed by atoms with Crippen LogP contribution in [0.3, 0.4) is 0 Å². The molecule has 0 amide bonds. The zero-order chi connectivity index (χ0) is 9.47. The summed E-state index contributed by atoms with van der Waals surface area (Å²) >= 11 is 0. The average molecular weight is 178 g/mol. The molecule has 1 fully saturated rings. The van der Waals surface area contributed by atoms with Gasteiger partial charge in [-0.25, -0.2) is 0 Å². The van der Waals surface area contributed by atoms with Crippen LogP contribution >= 0.6 is 0 Å². The summed E-state index contributed by atoms with van der Waals surface area (Å²) < 4.78 is 5.96. The van der Waals surface area contributed by atoms with Crippen molar-refractivity contribution in [2.24, 2.45) is 5.92 Å². The van der Waals surface area contributed by atoms with E-state index in [1.165, 1.54) is 5.57 Å². The Bertz CT molecular complexity index is 260. The molecule has 2 unspecified atom stereocenters. The number of allylic oxidation sites excluding steroid dienone is 2. The first-order valence-electron chi connectivity index (χ1n) is 5.17. The molecule has 0 aromatic carbocycles. The quantitative estimate of drug-likeness (QED) is 0.599. The third-order valence-corrected chi connectivity index (χ3v) is 2.95. The standard InChI is InChI=1S/C12H18O/c1-4-9-5-6-10-8-12(2,3)13-11(10)7-9/h5-7,10-11H,4,8H2,1-3H3. The van der Waals surface area contributed by atoms with Crippen LogP contribution in [-0.2, 0) is 4.74 Å². The van der Waals surface area contributed by atoms with E-state index < -0.39 is 0 Å². The van der Waals surface area contributed by atoms with Gasteiger partial charge >= 0.3 is 0 Å². The first kappa shape index (κ1) is 9.01. The SMILES string of the molecule is CCC1=CC2OC(C)(C)CC2C=C1. The predicted molar refractivity (Wildman–Crippen MR) is 54.6 cm³/mol. The lowest BCUT2D eigenvalue weighted by Crippen LogP contribution is -2.19. The lowest BCUT2D eigenvalue weighted by molar-refractivity contribution is 0.00224. The summed E-state index contributed by atoms with van der Waals surface area (Å²) in [6, 6.07) is 0. The van der Waals surface area contributed by atoms with Gasteiger partial charge in [0, 0.05) is 5.92 Å². The van der Waals surface area contributed by atoms with Crippen LogP contribution in [0.2, 0.25) is 0 Å². The molecule has 0 radical (unpaired) electrons. The number of hydrogen-bond donors (Lipinski definition) is 0. The zero-order valence-corrected chi connectivity index (χ0v) is 8.71. The van der Waals surface area contributed by atoms with Gasteiger partial charge in [0.2, 0.25) is 0 Å². The molecule has 0 bridgehead atoms. The van der Waals surface area contributed by atoms with Gasteiger partial charge in [-0.3, -0.25) is 0 Å². The molecule has 1 heteroatoms. The Hall–Kier alpha value is -0.560. The van der Waals surface area contributed by atoms with Crippen molar-refractivity contribution in [3.05, 3.63) is 23.8 Å². The van der Waals surface area contributed by atoms with Gasteiger partial charge in [-0.05, 0) is 26.7 Å². The van der Waals surface area contributed by atoms with Gasteiger partial charge < -0.3 is 4.74 Å². The third kappa shape index (κ3) is 1.71. The van der Waals surface area contributed by atoms with E-state index in [0.717, 1.165) is 12.8 Å². The molecular weight excluding hydrogens is 160 g/mol. The van der Waals surface area contributed by atoms with Crippen molar-refractivity contribution in [2.75, 3.05) is 0 Å². The highest BCUT2D eigenvalue weighted by molar-refractivity contribution is 5.28. The molecule has 0 aromatic heterocycles. The van der Waals surface area contributed by atoms with Crippen molar-refractivity contribution >= 4 is 0 Å². The number of hydrogen-bond acceptors (Lipinski definition) is 1. The number of rotatable bonds is 1. The molecule has 0 aromatic rings. The Kier molecular flexibility index (Phi) is 2.07. The Morgan fingerprint density at radius 2 is 2.31 bits per heavy atom. The second-order valence-corrected chi connectivity index (χ2v) is 4.66. The van der Waals surface area contributed by atoms with Crippen molar-refractivity contribution in [3.63, 3.8) is 0 Å². The number of ether oxygens (including phenoxy) is 1. The molecule has 2 atom stereocenters. The van der Waals surface area contributed by atoms with Crippen molar-refractivity contribution in [1.82, 2.24) is 0 Å². The van der Waals surface area contributed by atoms with Crippen LogP contribution in [0.5, 0.6) is 0 Å². The summed E-state index contributed by atoms with van der Waals surface area (Å²) in [6.45, 7) is 6.55. The van der Waals surface area contributed by atoms with Gasteiger partial charge in [-0.2, -0.15) is 0 Å². The van der Waals surface area contributed by atoms with E-state index >= 15 is 0 Å². The molecule has 1 saturated heterocycles. The van der Waals surface area contributed by atoms with Crippen molar-refractivity contribution in [3.8, 4) is 0 Å². The molecule has 2 aliphatic rings. The fourth-order valence-corrected chi connectivity index (χ4v) is 2.27. The van der Waals surface area contributed by atoms with Gasteiger partial charge in [-0.15, -0.1) is 0 Å². The van der Waals surface area contributed by atoms with Gasteiger partial charge in [0.05, 0.1) is 11.7 Å². The topological polar surface area (TPSA) is 9.23 Å². The molecule has 13 heavy (non-hydrogen) atoms. The number of fused-ring (bicyclic) bond motifs is 1. The van der Waals surface area contributed by atoms with Gasteiger partial charge in [-0.1, -0.05) is 30.7 Å². The maximum atomic E-state index is 5.96. The second kappa shape index (κ2) is 2.98. The fraction of sp³-hybridized carbons (Fsp3) is 0.667. The molecular formula is C12H18O. The first-order valence-corrected chi connectivity index (χ1v) is 5.17. The van der Waals surface area contributed by atoms with Crippen molar-refractivity contribution in [2.45, 2.75) is 45.3 Å². The lowest BCUT2D eigenvalue weighted by atomic mass is 9.89. The van der Waals surface area contributed by atoms with Gasteiger partial charge in [0.25, 0.3) is 0 Å². The lowest BCUT2D eigenvalue weighted by Gasteiger charge is -2.19. The fourth-order valence-electron chi connectivity index (χ4n) is 2.27. The van der Waals surface area contributed by atoms with E-state index in [1.54, 1.807) is 0 Å². The van der Waals surface area contributed by atoms with E-state index in [2.05, 4.69) is 39.0 Å². The Labute approximate surface area is 80.5 Å². The smallest absolute Gasteiger partial charge is 0.0832 e. The predicted octanol–water partition coefficient (Wildman–Crippen LogP) is 3.08. The maximum absolute atomic E-state index is 5.96. The van der Waals surface area contributed by atoms with Gasteiger partial charge in [0.15, 0.2) is 0 Å². The minimum absolute atomic E-state index is 0.0688.